The van der Waals surface area contributed by atoms with Gasteiger partial charge in [0.1, 0.15) is 12.6 Å². The highest BCUT2D eigenvalue weighted by Gasteiger charge is 2.36. The van der Waals surface area contributed by atoms with Crippen molar-refractivity contribution in [2.75, 3.05) is 26.7 Å². The first-order chi connectivity index (χ1) is 12.1. The minimum absolute atomic E-state index is 0.188. The predicted octanol–water partition coefficient (Wildman–Crippen LogP) is 1.01. The van der Waals surface area contributed by atoms with Gasteiger partial charge in [0.15, 0.2) is 0 Å². The van der Waals surface area contributed by atoms with Crippen molar-refractivity contribution in [1.82, 2.24) is 20.6 Å². The summed E-state index contributed by atoms with van der Waals surface area (Å²) in [6.07, 6.45) is 8.74. The molecule has 0 bridgehead atoms. The van der Waals surface area contributed by atoms with Gasteiger partial charge in [0.25, 0.3) is 5.91 Å². The molecule has 8 heteroatoms. The standard InChI is InChI=1S/C17H28N4O4/c1-18-16(23)14-8-5-10-21(14)17(24)20(12-15(22)19-25)11-9-13-6-3-2-4-7-13/h6,14,25H,2-5,7-12H2,1H3,(H,18,23)(H,19,22)/t14-/m0/s1. The predicted molar refractivity (Wildman–Crippen MR) is 91.9 cm³/mol. The Labute approximate surface area is 148 Å². The van der Waals surface area contributed by atoms with Crippen LogP contribution in [0.3, 0.4) is 0 Å². The van der Waals surface area contributed by atoms with Crippen LogP contribution in [0.2, 0.25) is 0 Å². The van der Waals surface area contributed by atoms with Crippen LogP contribution >= 0.6 is 0 Å². The van der Waals surface area contributed by atoms with Gasteiger partial charge in [-0.15, -0.1) is 0 Å². The van der Waals surface area contributed by atoms with Gasteiger partial charge >= 0.3 is 6.03 Å². The molecule has 0 saturated carbocycles. The molecule has 8 nitrogen and oxygen atoms in total. The average Bonchev–Trinajstić information content (AvgIpc) is 3.14. The van der Waals surface area contributed by atoms with Gasteiger partial charge in [0.05, 0.1) is 0 Å². The van der Waals surface area contributed by atoms with Crippen molar-refractivity contribution in [2.24, 2.45) is 0 Å². The summed E-state index contributed by atoms with van der Waals surface area (Å²) in [6, 6.07) is -0.822. The minimum Gasteiger partial charge on any atom is -0.357 e. The number of nitrogens with zero attached hydrogens (tertiary/aromatic N) is 2. The molecular weight excluding hydrogens is 324 g/mol. The normalized spacial score (nSPS) is 20.0. The quantitative estimate of drug-likeness (QED) is 0.377. The molecule has 0 aromatic rings. The van der Waals surface area contributed by atoms with E-state index in [4.69, 9.17) is 5.21 Å². The summed E-state index contributed by atoms with van der Waals surface area (Å²) in [6.45, 7) is 0.672. The molecule has 0 aromatic carbocycles. The van der Waals surface area contributed by atoms with Gasteiger partial charge in [0.2, 0.25) is 5.91 Å². The van der Waals surface area contributed by atoms with E-state index in [0.29, 0.717) is 25.9 Å². The van der Waals surface area contributed by atoms with E-state index < -0.39 is 11.9 Å². The summed E-state index contributed by atoms with van der Waals surface area (Å²) in [4.78, 5) is 39.4. The molecule has 1 heterocycles. The van der Waals surface area contributed by atoms with Crippen LogP contribution in [0.1, 0.15) is 44.9 Å². The first kappa shape index (κ1) is 19.2. The number of hydroxylamine groups is 1. The van der Waals surface area contributed by atoms with E-state index in [1.165, 1.54) is 21.8 Å². The Morgan fingerprint density at radius 2 is 2.12 bits per heavy atom. The largest absolute Gasteiger partial charge is 0.357 e. The number of carbonyl (C=O) groups is 3. The number of allylic oxidation sites excluding steroid dienone is 1. The fraction of sp³-hybridized carbons (Fsp3) is 0.706. The van der Waals surface area contributed by atoms with E-state index in [2.05, 4.69) is 11.4 Å². The van der Waals surface area contributed by atoms with Crippen molar-refractivity contribution in [3.63, 3.8) is 0 Å². The number of carbonyl (C=O) groups excluding carboxylic acids is 3. The van der Waals surface area contributed by atoms with Gasteiger partial charge in [-0.2, -0.15) is 0 Å². The molecule has 1 atom stereocenters. The van der Waals surface area contributed by atoms with Crippen molar-refractivity contribution < 1.29 is 19.6 Å². The monoisotopic (exact) mass is 352 g/mol. The third-order valence-electron chi connectivity index (χ3n) is 4.87. The van der Waals surface area contributed by atoms with Crippen LogP contribution in [0.25, 0.3) is 0 Å². The highest BCUT2D eigenvalue weighted by molar-refractivity contribution is 5.89. The zero-order valence-corrected chi connectivity index (χ0v) is 14.8. The second-order valence-corrected chi connectivity index (χ2v) is 6.56. The summed E-state index contributed by atoms with van der Waals surface area (Å²) < 4.78 is 0. The van der Waals surface area contributed by atoms with Gasteiger partial charge in [-0.3, -0.25) is 14.8 Å². The number of likely N-dealkylation sites (N-methyl/N-ethyl adjacent to an activating group) is 1. The zero-order valence-electron chi connectivity index (χ0n) is 14.8. The van der Waals surface area contributed by atoms with Gasteiger partial charge in [-0.1, -0.05) is 11.6 Å². The van der Waals surface area contributed by atoms with Gasteiger partial charge < -0.3 is 15.1 Å². The van der Waals surface area contributed by atoms with E-state index in [-0.39, 0.29) is 18.5 Å². The number of rotatable bonds is 6. The molecule has 2 aliphatic rings. The maximum Gasteiger partial charge on any atom is 0.321 e. The number of amides is 4. The van der Waals surface area contributed by atoms with Crippen molar-refractivity contribution in [3.8, 4) is 0 Å². The molecule has 0 unspecified atom stereocenters. The topological polar surface area (TPSA) is 102 Å². The molecule has 1 saturated heterocycles. The van der Waals surface area contributed by atoms with Crippen LogP contribution in [0, 0.1) is 0 Å². The van der Waals surface area contributed by atoms with Crippen LogP contribution < -0.4 is 10.8 Å². The number of likely N-dealkylation sites (tertiary alicyclic amines) is 1. The Kier molecular flexibility index (Phi) is 7.24. The fourth-order valence-corrected chi connectivity index (χ4v) is 3.48. The highest BCUT2D eigenvalue weighted by atomic mass is 16.5. The lowest BCUT2D eigenvalue weighted by Gasteiger charge is -2.31. The number of hydrogen-bond acceptors (Lipinski definition) is 4. The Balaban J connectivity index is 2.04. The minimum atomic E-state index is -0.637. The molecular formula is C17H28N4O4. The molecule has 0 radical (unpaired) electrons. The maximum absolute atomic E-state index is 12.9. The summed E-state index contributed by atoms with van der Waals surface area (Å²) in [5, 5.41) is 11.4. The molecule has 0 spiro atoms. The van der Waals surface area contributed by atoms with E-state index in [9.17, 15) is 14.4 Å². The van der Waals surface area contributed by atoms with Crippen molar-refractivity contribution in [3.05, 3.63) is 11.6 Å². The average molecular weight is 352 g/mol. The van der Waals surface area contributed by atoms with Crippen LogP contribution in [0.5, 0.6) is 0 Å². The molecule has 1 fully saturated rings. The second kappa shape index (κ2) is 9.41. The van der Waals surface area contributed by atoms with Crippen LogP contribution in [0.4, 0.5) is 4.79 Å². The maximum atomic E-state index is 12.9. The third kappa shape index (κ3) is 5.19. The van der Waals surface area contributed by atoms with Crippen LogP contribution in [-0.2, 0) is 9.59 Å². The first-order valence-electron chi connectivity index (χ1n) is 8.94. The number of urea groups is 1. The van der Waals surface area contributed by atoms with Gasteiger partial charge in [-0.25, -0.2) is 10.3 Å². The second-order valence-electron chi connectivity index (χ2n) is 6.56. The Morgan fingerprint density at radius 1 is 1.32 bits per heavy atom. The molecule has 25 heavy (non-hydrogen) atoms. The Morgan fingerprint density at radius 3 is 2.76 bits per heavy atom. The van der Waals surface area contributed by atoms with E-state index in [0.717, 1.165) is 25.7 Å². The Bertz CT molecular complexity index is 535. The van der Waals surface area contributed by atoms with E-state index >= 15 is 0 Å². The molecule has 2 rings (SSSR count). The van der Waals surface area contributed by atoms with Crippen LogP contribution in [-0.4, -0.2) is 65.6 Å². The molecule has 1 aliphatic heterocycles. The highest BCUT2D eigenvalue weighted by Crippen LogP contribution is 2.22. The smallest absolute Gasteiger partial charge is 0.321 e. The molecule has 3 N–H and O–H groups in total. The lowest BCUT2D eigenvalue weighted by Crippen LogP contribution is -2.52. The first-order valence-corrected chi connectivity index (χ1v) is 8.94. The molecule has 1 aliphatic carbocycles. The van der Waals surface area contributed by atoms with Gasteiger partial charge in [0, 0.05) is 20.1 Å². The van der Waals surface area contributed by atoms with Crippen molar-refractivity contribution >= 4 is 17.8 Å². The van der Waals surface area contributed by atoms with Gasteiger partial charge in [-0.05, 0) is 44.9 Å². The Hall–Kier alpha value is -2.09. The summed E-state index contributed by atoms with van der Waals surface area (Å²) in [5.41, 5.74) is 2.88. The van der Waals surface area contributed by atoms with Crippen molar-refractivity contribution in [1.29, 1.82) is 0 Å². The molecule has 4 amide bonds. The summed E-state index contributed by atoms with van der Waals surface area (Å²) in [5.74, 6) is -0.825. The molecule has 140 valence electrons. The lowest BCUT2D eigenvalue weighted by atomic mass is 9.97. The lowest BCUT2D eigenvalue weighted by molar-refractivity contribution is -0.129. The summed E-state index contributed by atoms with van der Waals surface area (Å²) in [7, 11) is 1.55. The number of nitrogens with one attached hydrogen (secondary N) is 2. The fourth-order valence-electron chi connectivity index (χ4n) is 3.48. The number of hydrogen-bond donors (Lipinski definition) is 3. The third-order valence-corrected chi connectivity index (χ3v) is 4.87. The zero-order chi connectivity index (χ0) is 18.2. The molecule has 0 aromatic heterocycles. The summed E-state index contributed by atoms with van der Waals surface area (Å²) >= 11 is 0. The SMILES string of the molecule is CNC(=O)[C@@H]1CCCN1C(=O)N(CCC1=CCCCC1)CC(=O)NO. The van der Waals surface area contributed by atoms with Crippen molar-refractivity contribution in [2.45, 2.75) is 51.0 Å². The van der Waals surface area contributed by atoms with E-state index in [1.807, 2.05) is 0 Å². The van der Waals surface area contributed by atoms with Crippen LogP contribution in [0.15, 0.2) is 11.6 Å². The van der Waals surface area contributed by atoms with E-state index in [1.54, 1.807) is 12.5 Å².